The third kappa shape index (κ3) is 7.64. The highest BCUT2D eigenvalue weighted by atomic mass is 16.5. The Morgan fingerprint density at radius 3 is 1.44 bits per heavy atom. The number of fused-ring (bicyclic) bond motifs is 8. The normalized spacial score (nSPS) is 13.8. The molecular formula is C68H59B2N3O4. The van der Waals surface area contributed by atoms with E-state index < -0.39 is 5.97 Å². The third-order valence-electron chi connectivity index (χ3n) is 16.5. The lowest BCUT2D eigenvalue weighted by Gasteiger charge is -2.50. The summed E-state index contributed by atoms with van der Waals surface area (Å²) < 4.78 is 5.21. The Hall–Kier alpha value is -8.55. The monoisotopic (exact) mass is 1000 g/mol. The highest BCUT2D eigenvalue weighted by molar-refractivity contribution is 7.04. The van der Waals surface area contributed by atoms with Crippen molar-refractivity contribution in [3.8, 4) is 28.0 Å². The molecule has 4 aliphatic rings. The summed E-state index contributed by atoms with van der Waals surface area (Å²) >= 11 is 0. The van der Waals surface area contributed by atoms with E-state index in [1.807, 2.05) is 36.4 Å². The van der Waals surface area contributed by atoms with Gasteiger partial charge in [-0.15, -0.1) is 0 Å². The van der Waals surface area contributed by atoms with Crippen LogP contribution in [-0.2, 0) is 21.0 Å². The number of benzene rings is 9. The number of carboxylic acids is 1. The van der Waals surface area contributed by atoms with Gasteiger partial charge in [0.25, 0.3) is 19.9 Å². The zero-order valence-electron chi connectivity index (χ0n) is 45.1. The number of anilines is 9. The molecule has 0 radical (unpaired) electrons. The van der Waals surface area contributed by atoms with Crippen LogP contribution in [0.15, 0.2) is 182 Å². The smallest absolute Gasteiger partial charge is 0.335 e. The lowest BCUT2D eigenvalue weighted by Crippen LogP contribution is -2.68. The largest absolute Gasteiger partial charge is 0.478 e. The molecule has 9 heteroatoms. The van der Waals surface area contributed by atoms with Gasteiger partial charge in [0.2, 0.25) is 0 Å². The fraction of sp³-hybridized carbons (Fsp3) is 0.176. The van der Waals surface area contributed by atoms with Gasteiger partial charge in [-0.05, 0) is 173 Å². The average Bonchev–Trinajstić information content (AvgIpc) is 3.61. The van der Waals surface area contributed by atoms with Crippen LogP contribution < -0.4 is 52.2 Å². The van der Waals surface area contributed by atoms with E-state index in [2.05, 4.69) is 210 Å². The highest BCUT2D eigenvalue weighted by Gasteiger charge is 2.51. The van der Waals surface area contributed by atoms with Crippen LogP contribution in [-0.4, -0.2) is 31.0 Å². The summed E-state index contributed by atoms with van der Waals surface area (Å²) in [5.74, 6) is -0.451. The Morgan fingerprint density at radius 2 is 0.883 bits per heavy atom. The molecule has 9 aromatic carbocycles. The van der Waals surface area contributed by atoms with Gasteiger partial charge in [0.05, 0.1) is 5.56 Å². The van der Waals surface area contributed by atoms with E-state index in [4.69, 9.17) is 4.74 Å². The van der Waals surface area contributed by atoms with E-state index in [0.29, 0.717) is 12.2 Å². The summed E-state index contributed by atoms with van der Waals surface area (Å²) in [6, 6.07) is 65.7. The van der Waals surface area contributed by atoms with Crippen LogP contribution in [0.25, 0.3) is 22.3 Å². The number of rotatable bonds is 7. The predicted octanol–water partition coefficient (Wildman–Crippen LogP) is 12.8. The lowest BCUT2D eigenvalue weighted by atomic mass is 9.29. The molecule has 7 nitrogen and oxygen atoms in total. The maximum atomic E-state index is 12.2. The molecule has 9 aromatic rings. The topological polar surface area (TPSA) is 73.3 Å². The van der Waals surface area contributed by atoms with Gasteiger partial charge in [-0.2, -0.15) is 0 Å². The number of hydrogen-bond acceptors (Lipinski definition) is 6. The molecule has 0 aliphatic carbocycles. The first-order valence-electron chi connectivity index (χ1n) is 26.8. The number of carboxylic acid groups (broad SMARTS) is 1. The van der Waals surface area contributed by atoms with Crippen LogP contribution in [0.1, 0.15) is 89.4 Å². The van der Waals surface area contributed by atoms with E-state index in [-0.39, 0.29) is 35.2 Å². The molecular weight excluding hydrogens is 944 g/mol. The Labute approximate surface area is 452 Å². The van der Waals surface area contributed by atoms with Gasteiger partial charge in [-0.3, -0.25) is 4.79 Å². The number of hydrogen-bond donors (Lipinski definition) is 1. The second-order valence-corrected chi connectivity index (χ2v) is 24.3. The molecule has 0 bridgehead atoms. The Balaban J connectivity index is 1.12. The van der Waals surface area contributed by atoms with Crippen molar-refractivity contribution in [2.24, 2.45) is 0 Å². The van der Waals surface area contributed by atoms with Gasteiger partial charge in [0, 0.05) is 51.2 Å². The van der Waals surface area contributed by atoms with Crippen LogP contribution in [0, 0.1) is 0 Å². The first-order valence-corrected chi connectivity index (χ1v) is 26.8. The summed E-state index contributed by atoms with van der Waals surface area (Å²) in [7, 11) is 0. The van der Waals surface area contributed by atoms with Crippen LogP contribution in [0.2, 0.25) is 0 Å². The summed E-state index contributed by atoms with van der Waals surface area (Å²) in [6.07, 6.45) is 0. The second kappa shape index (κ2) is 17.2. The first-order chi connectivity index (χ1) is 36.9. The van der Waals surface area contributed by atoms with Gasteiger partial charge in [0.1, 0.15) is 5.75 Å². The van der Waals surface area contributed by atoms with Crippen molar-refractivity contribution >= 4 is 110 Å². The van der Waals surface area contributed by atoms with Crippen molar-refractivity contribution in [1.29, 1.82) is 0 Å². The van der Waals surface area contributed by atoms with Crippen molar-refractivity contribution in [2.75, 3.05) is 14.7 Å². The molecule has 0 saturated heterocycles. The lowest BCUT2D eigenvalue weighted by molar-refractivity contribution is -0.120. The molecule has 0 fully saturated rings. The molecule has 0 amide bonds. The highest BCUT2D eigenvalue weighted by Crippen LogP contribution is 2.50. The molecule has 0 saturated carbocycles. The SMILES string of the molecule is CC(C)(C)c1ccc(N2c3cc(-c4ccc(OC=O)cc4)ccc3B3c4cc(C(C)(C)C)cc5c4N(c4cccc2c43)c2cc(-c3ccc(C(=O)O)cc3)cc3c2B5c2ccccc2N3c2ccc(C(C)(C)C)cc2)cc1. The zero-order valence-corrected chi connectivity index (χ0v) is 45.1. The van der Waals surface area contributed by atoms with Gasteiger partial charge in [0.15, 0.2) is 0 Å². The maximum Gasteiger partial charge on any atom is 0.335 e. The minimum Gasteiger partial charge on any atom is -0.478 e. The molecule has 1 N–H and O–H groups in total. The fourth-order valence-electron chi connectivity index (χ4n) is 12.5. The molecule has 4 aliphatic heterocycles. The standard InChI is InChI=1S/C68H59B2N3O4/c1-66(2,3)46-24-28-49(29-25-46)71-56-14-11-10-13-52(56)69-54-38-48(68(7,8)9)39-55-64(54)73(61-37-45(36-60(71)63(61)69)42-17-19-43(20-18-42)65(75)76)58-16-12-15-57-62(58)70(55)53-34-23-44(41-21-32-51(33-22-41)77-40-74)35-59(53)72(57)50-30-26-47(27-31-50)67(4,5)6/h10-40H,1-9H3,(H,75,76). The van der Waals surface area contributed by atoms with E-state index in [1.54, 1.807) is 12.1 Å². The molecule has 0 aromatic heterocycles. The number of ether oxygens (including phenoxy) is 1. The molecule has 13 rings (SSSR count). The molecule has 0 spiro atoms. The minimum atomic E-state index is -0.950. The van der Waals surface area contributed by atoms with Gasteiger partial charge in [-0.25, -0.2) is 4.79 Å². The molecule has 77 heavy (non-hydrogen) atoms. The quantitative estimate of drug-likeness (QED) is 0.126. The number of nitrogens with zero attached hydrogens (tertiary/aromatic N) is 3. The molecule has 376 valence electrons. The number of carbonyl (C=O) groups excluding carboxylic acids is 1. The number of aromatic carboxylic acids is 1. The summed E-state index contributed by atoms with van der Waals surface area (Å²) in [6.45, 7) is 20.8. The van der Waals surface area contributed by atoms with E-state index in [0.717, 1.165) is 67.8 Å². The Morgan fingerprint density at radius 1 is 0.429 bits per heavy atom. The van der Waals surface area contributed by atoms with Crippen molar-refractivity contribution in [3.63, 3.8) is 0 Å². The van der Waals surface area contributed by atoms with E-state index >= 15 is 0 Å². The van der Waals surface area contributed by atoms with Crippen molar-refractivity contribution in [2.45, 2.75) is 78.6 Å². The molecule has 0 atom stereocenters. The number of para-hydroxylation sites is 1. The first kappa shape index (κ1) is 48.1. The van der Waals surface area contributed by atoms with Crippen molar-refractivity contribution in [1.82, 2.24) is 0 Å². The van der Waals surface area contributed by atoms with Crippen LogP contribution >= 0.6 is 0 Å². The van der Waals surface area contributed by atoms with Gasteiger partial charge >= 0.3 is 5.97 Å². The number of carbonyl (C=O) groups is 2. The van der Waals surface area contributed by atoms with E-state index in [9.17, 15) is 14.7 Å². The molecule has 0 unspecified atom stereocenters. The predicted molar refractivity (Wildman–Crippen MR) is 320 cm³/mol. The summed E-state index contributed by atoms with van der Waals surface area (Å²) in [5.41, 5.74) is 25.3. The average molecular weight is 1000 g/mol. The van der Waals surface area contributed by atoms with Crippen LogP contribution in [0.4, 0.5) is 51.2 Å². The third-order valence-corrected chi connectivity index (χ3v) is 16.5. The fourth-order valence-corrected chi connectivity index (χ4v) is 12.5. The zero-order chi connectivity index (χ0) is 53.4. The van der Waals surface area contributed by atoms with Gasteiger partial charge < -0.3 is 24.5 Å². The van der Waals surface area contributed by atoms with Crippen molar-refractivity contribution < 1.29 is 19.4 Å². The minimum absolute atomic E-state index is 0.0213. The summed E-state index contributed by atoms with van der Waals surface area (Å²) in [4.78, 5) is 31.0. The Kier molecular flexibility index (Phi) is 10.8. The Bertz CT molecular complexity index is 3900. The second-order valence-electron chi connectivity index (χ2n) is 24.3. The van der Waals surface area contributed by atoms with E-state index in [1.165, 1.54) is 55.2 Å². The van der Waals surface area contributed by atoms with Crippen LogP contribution in [0.5, 0.6) is 5.75 Å². The molecule has 4 heterocycles. The van der Waals surface area contributed by atoms with Gasteiger partial charge in [-0.1, -0.05) is 159 Å². The summed E-state index contributed by atoms with van der Waals surface area (Å²) in [5, 5.41) is 10.0. The maximum absolute atomic E-state index is 12.2. The van der Waals surface area contributed by atoms with Crippen LogP contribution in [0.3, 0.4) is 0 Å². The van der Waals surface area contributed by atoms with Crippen molar-refractivity contribution in [3.05, 3.63) is 204 Å².